The predicted molar refractivity (Wildman–Crippen MR) is 152 cm³/mol. The topological polar surface area (TPSA) is 87.1 Å². The molecule has 0 saturated carbocycles. The molecule has 1 heterocycles. The van der Waals surface area contributed by atoms with Gasteiger partial charge in [-0.05, 0) is 59.8 Å². The third kappa shape index (κ3) is 7.41. The Labute approximate surface area is 240 Å². The zero-order valence-electron chi connectivity index (χ0n) is 24.8. The number of hydrazine groups is 1. The number of nitrogens with zero attached hydrogens (tertiary/aromatic N) is 4. The molecule has 1 aliphatic carbocycles. The van der Waals surface area contributed by atoms with Crippen LogP contribution in [-0.4, -0.2) is 70.5 Å². The summed E-state index contributed by atoms with van der Waals surface area (Å²) in [6.07, 6.45) is 4.56. The van der Waals surface area contributed by atoms with E-state index in [1.807, 2.05) is 13.8 Å². The first kappa shape index (κ1) is 32.0. The van der Waals surface area contributed by atoms with Crippen molar-refractivity contribution in [3.63, 3.8) is 0 Å². The van der Waals surface area contributed by atoms with E-state index in [1.54, 1.807) is 59.0 Å². The van der Waals surface area contributed by atoms with Gasteiger partial charge in [-0.25, -0.2) is 18.8 Å². The SMILES string of the molecule is COC1C=CC(F)=CC1(C)/C(=C/N1C=C(/C(C)=N/OC(C)C)C(=O)N(N(C)Cc2ccccc2F)C1O)OC(C)C. The van der Waals surface area contributed by atoms with Gasteiger partial charge >= 0.3 is 0 Å². The van der Waals surface area contributed by atoms with Crippen molar-refractivity contribution in [2.24, 2.45) is 10.6 Å². The van der Waals surface area contributed by atoms with E-state index in [9.17, 15) is 18.7 Å². The molecule has 9 nitrogen and oxygen atoms in total. The molecule has 3 atom stereocenters. The van der Waals surface area contributed by atoms with Crippen LogP contribution in [0.2, 0.25) is 0 Å². The van der Waals surface area contributed by atoms with E-state index in [2.05, 4.69) is 5.16 Å². The molecule has 0 aromatic heterocycles. The van der Waals surface area contributed by atoms with Gasteiger partial charge in [0.2, 0.25) is 6.35 Å². The van der Waals surface area contributed by atoms with Crippen LogP contribution < -0.4 is 0 Å². The second-order valence-electron chi connectivity index (χ2n) is 10.7. The van der Waals surface area contributed by atoms with Crippen LogP contribution in [0.5, 0.6) is 0 Å². The van der Waals surface area contributed by atoms with Crippen LogP contribution in [0, 0.1) is 11.2 Å². The highest BCUT2D eigenvalue weighted by Gasteiger charge is 2.42. The van der Waals surface area contributed by atoms with E-state index in [-0.39, 0.29) is 35.8 Å². The molecule has 1 aromatic carbocycles. The van der Waals surface area contributed by atoms with Crippen LogP contribution in [0.15, 0.2) is 77.2 Å². The molecule has 0 radical (unpaired) electrons. The lowest BCUT2D eigenvalue weighted by Gasteiger charge is -2.44. The molecule has 1 aliphatic heterocycles. The predicted octanol–water partition coefficient (Wildman–Crippen LogP) is 4.99. The van der Waals surface area contributed by atoms with Gasteiger partial charge in [0.25, 0.3) is 5.91 Å². The first-order valence-electron chi connectivity index (χ1n) is 13.4. The summed E-state index contributed by atoms with van der Waals surface area (Å²) in [5.74, 6) is -1.20. The average molecular weight is 575 g/mol. The van der Waals surface area contributed by atoms with Gasteiger partial charge in [-0.2, -0.15) is 0 Å². The Kier molecular flexibility index (Phi) is 10.5. The number of methoxy groups -OCH3 is 1. The van der Waals surface area contributed by atoms with Crippen LogP contribution in [0.25, 0.3) is 0 Å². The van der Waals surface area contributed by atoms with Crippen molar-refractivity contribution in [3.8, 4) is 0 Å². The normalized spacial score (nSPS) is 23.9. The van der Waals surface area contributed by atoms with Gasteiger partial charge in [0.1, 0.15) is 23.5 Å². The van der Waals surface area contributed by atoms with Crippen LogP contribution in [0.4, 0.5) is 8.78 Å². The number of halogens is 2. The molecule has 1 aromatic rings. The molecule has 0 saturated heterocycles. The zero-order chi connectivity index (χ0) is 30.5. The van der Waals surface area contributed by atoms with Gasteiger partial charge in [-0.3, -0.25) is 4.79 Å². The number of hydrogen-bond donors (Lipinski definition) is 1. The third-order valence-electron chi connectivity index (χ3n) is 6.59. The quantitative estimate of drug-likeness (QED) is 0.226. The fourth-order valence-electron chi connectivity index (χ4n) is 4.51. The van der Waals surface area contributed by atoms with Crippen molar-refractivity contribution in [3.05, 3.63) is 83.4 Å². The second kappa shape index (κ2) is 13.4. The number of rotatable bonds is 11. The first-order valence-corrected chi connectivity index (χ1v) is 13.4. The molecular formula is C30H40F2N4O5. The maximum absolute atomic E-state index is 14.6. The molecule has 3 rings (SSSR count). The van der Waals surface area contributed by atoms with Crippen LogP contribution in [0.3, 0.4) is 0 Å². The van der Waals surface area contributed by atoms with E-state index in [0.717, 1.165) is 5.01 Å². The zero-order valence-corrected chi connectivity index (χ0v) is 24.8. The van der Waals surface area contributed by atoms with E-state index >= 15 is 0 Å². The van der Waals surface area contributed by atoms with Gasteiger partial charge in [0.15, 0.2) is 0 Å². The van der Waals surface area contributed by atoms with E-state index in [4.69, 9.17) is 14.3 Å². The summed E-state index contributed by atoms with van der Waals surface area (Å²) in [6, 6.07) is 6.19. The third-order valence-corrected chi connectivity index (χ3v) is 6.59. The van der Waals surface area contributed by atoms with Crippen LogP contribution in [-0.2, 0) is 25.7 Å². The minimum Gasteiger partial charge on any atom is -0.493 e. The van der Waals surface area contributed by atoms with Crippen molar-refractivity contribution in [1.29, 1.82) is 0 Å². The summed E-state index contributed by atoms with van der Waals surface area (Å²) in [5, 5.41) is 18.1. The maximum atomic E-state index is 14.6. The Bertz CT molecular complexity index is 1260. The largest absolute Gasteiger partial charge is 0.493 e. The van der Waals surface area contributed by atoms with Gasteiger partial charge in [-0.15, -0.1) is 0 Å². The molecule has 1 amide bonds. The second-order valence-corrected chi connectivity index (χ2v) is 10.7. The Morgan fingerprint density at radius 1 is 1.22 bits per heavy atom. The highest BCUT2D eigenvalue weighted by Crippen LogP contribution is 2.41. The van der Waals surface area contributed by atoms with E-state index in [1.165, 1.54) is 47.6 Å². The van der Waals surface area contributed by atoms with E-state index in [0.29, 0.717) is 5.56 Å². The van der Waals surface area contributed by atoms with Gasteiger partial charge in [0, 0.05) is 38.7 Å². The number of hydrogen-bond acceptors (Lipinski definition) is 8. The molecule has 0 bridgehead atoms. The summed E-state index contributed by atoms with van der Waals surface area (Å²) in [6.45, 7) is 10.6. The van der Waals surface area contributed by atoms with Crippen molar-refractivity contribution in [1.82, 2.24) is 14.9 Å². The number of oxime groups is 1. The summed E-state index contributed by atoms with van der Waals surface area (Å²) < 4.78 is 40.8. The average Bonchev–Trinajstić information content (AvgIpc) is 2.89. The minimum atomic E-state index is -1.56. The first-order chi connectivity index (χ1) is 19.3. The van der Waals surface area contributed by atoms with Gasteiger partial charge < -0.3 is 24.3 Å². The Balaban J connectivity index is 2.14. The molecule has 2 aliphatic rings. The highest BCUT2D eigenvalue weighted by molar-refractivity contribution is 6.20. The Morgan fingerprint density at radius 2 is 1.90 bits per heavy atom. The van der Waals surface area contributed by atoms with E-state index < -0.39 is 35.4 Å². The highest BCUT2D eigenvalue weighted by atomic mass is 19.1. The Hall–Kier alpha value is -3.54. The smallest absolute Gasteiger partial charge is 0.275 e. The lowest BCUT2D eigenvalue weighted by atomic mass is 9.78. The van der Waals surface area contributed by atoms with Crippen molar-refractivity contribution in [2.75, 3.05) is 14.2 Å². The molecule has 224 valence electrons. The molecule has 11 heteroatoms. The van der Waals surface area contributed by atoms with Crippen LogP contribution >= 0.6 is 0 Å². The lowest BCUT2D eigenvalue weighted by molar-refractivity contribution is -0.194. The minimum absolute atomic E-state index is 0.0173. The van der Waals surface area contributed by atoms with Crippen molar-refractivity contribution in [2.45, 2.75) is 72.8 Å². The van der Waals surface area contributed by atoms with Gasteiger partial charge in [-0.1, -0.05) is 29.4 Å². The lowest BCUT2D eigenvalue weighted by Crippen LogP contribution is -2.58. The monoisotopic (exact) mass is 574 g/mol. The fraction of sp³-hybridized carbons (Fsp3) is 0.467. The molecule has 0 fully saturated rings. The number of ether oxygens (including phenoxy) is 2. The standard InChI is InChI=1S/C30H40F2N4O5/c1-19(2)40-27(30(6)15-23(31)13-14-26(30)39-8)18-35-17-24(21(5)33-41-20(3)4)28(37)36(29(35)38)34(7)16-22-11-9-10-12-25(22)32/h9-15,17-20,26,29,38H,16H2,1-8H3/b27-18-,33-21+. The molecule has 41 heavy (non-hydrogen) atoms. The summed E-state index contributed by atoms with van der Waals surface area (Å²) in [5.41, 5.74) is -0.385. The molecular weight excluding hydrogens is 534 g/mol. The fourth-order valence-corrected chi connectivity index (χ4v) is 4.51. The van der Waals surface area contributed by atoms with Gasteiger partial charge in [0.05, 0.1) is 28.9 Å². The maximum Gasteiger partial charge on any atom is 0.275 e. The number of carbonyl (C=O) groups is 1. The van der Waals surface area contributed by atoms with Crippen molar-refractivity contribution < 1.29 is 33.0 Å². The number of aliphatic hydroxyl groups excluding tert-OH is 1. The molecule has 3 unspecified atom stereocenters. The van der Waals surface area contributed by atoms with Crippen LogP contribution in [0.1, 0.15) is 47.1 Å². The number of aliphatic hydroxyl groups is 1. The van der Waals surface area contributed by atoms with Crippen molar-refractivity contribution >= 4 is 11.6 Å². The number of allylic oxidation sites excluding steroid dienone is 2. The molecule has 0 spiro atoms. The Morgan fingerprint density at radius 3 is 2.51 bits per heavy atom. The summed E-state index contributed by atoms with van der Waals surface area (Å²) in [7, 11) is 3.07. The number of carbonyl (C=O) groups excluding carboxylic acids is 1. The molecule has 1 N–H and O–H groups in total. The number of amides is 1. The summed E-state index contributed by atoms with van der Waals surface area (Å²) in [4.78, 5) is 20.5. The number of benzene rings is 1. The summed E-state index contributed by atoms with van der Waals surface area (Å²) >= 11 is 0.